The van der Waals surface area contributed by atoms with Gasteiger partial charge in [-0.2, -0.15) is 0 Å². The third kappa shape index (κ3) is 8.03. The third-order valence-electron chi connectivity index (χ3n) is 7.93. The van der Waals surface area contributed by atoms with E-state index in [0.717, 1.165) is 69.2 Å². The molecule has 1 aliphatic carbocycles. The Morgan fingerprint density at radius 3 is 2.46 bits per heavy atom. The molecule has 5 rings (SSSR count). The van der Waals surface area contributed by atoms with Crippen molar-refractivity contribution in [2.45, 2.75) is 77.4 Å². The smallest absolute Gasteiger partial charge is 0.126 e. The summed E-state index contributed by atoms with van der Waals surface area (Å²) in [5, 5.41) is 8.40. The normalized spacial score (nSPS) is 24.5. The Morgan fingerprint density at radius 1 is 0.892 bits per heavy atom. The van der Waals surface area contributed by atoms with Crippen LogP contribution in [0.25, 0.3) is 11.3 Å². The molecule has 3 aliphatic rings. The van der Waals surface area contributed by atoms with Gasteiger partial charge in [-0.1, -0.05) is 30.6 Å². The third-order valence-corrected chi connectivity index (χ3v) is 8.53. The Labute approximate surface area is 232 Å². The predicted octanol–water partition coefficient (Wildman–Crippen LogP) is 6.79. The van der Waals surface area contributed by atoms with Crippen LogP contribution in [0.3, 0.4) is 0 Å². The van der Waals surface area contributed by atoms with Crippen LogP contribution in [0.2, 0.25) is 10.0 Å². The van der Waals surface area contributed by atoms with E-state index < -0.39 is 0 Å². The molecule has 2 saturated heterocycles. The minimum absolute atomic E-state index is 0. The van der Waals surface area contributed by atoms with Crippen molar-refractivity contribution in [1.29, 1.82) is 0 Å². The summed E-state index contributed by atoms with van der Waals surface area (Å²) in [4.78, 5) is 9.49. The van der Waals surface area contributed by atoms with Crippen molar-refractivity contribution in [2.24, 2.45) is 11.8 Å². The second kappa shape index (κ2) is 14.1. The zero-order valence-corrected chi connectivity index (χ0v) is 22.5. The van der Waals surface area contributed by atoms with E-state index in [1.165, 1.54) is 38.5 Å². The van der Waals surface area contributed by atoms with Gasteiger partial charge in [0, 0.05) is 56.4 Å². The standard InChI is InChI=1S/C28H38Cl2N4O2.CH4/c29-25-7-8-27(33-16-20-9-12-35-13-10-20)34-28(25)24-15-22(32-18-26(24)30)14-19-3-5-21(6-4-19)31-17-23-2-1-11-36-23;/h7-8,15,18-21,23,31H,1-6,9-14,16-17H2,(H,33,34);1H4/t19?,21?,23-;/m0./s1. The number of nitrogens with zero attached hydrogens (tertiary/aromatic N) is 2. The van der Waals surface area contributed by atoms with Crippen LogP contribution >= 0.6 is 23.2 Å². The van der Waals surface area contributed by atoms with E-state index in [1.54, 1.807) is 6.20 Å². The summed E-state index contributed by atoms with van der Waals surface area (Å²) in [6.45, 7) is 4.49. The number of hydrogen-bond acceptors (Lipinski definition) is 6. The number of halogens is 2. The number of rotatable bonds is 9. The Bertz CT molecular complexity index is 988. The molecule has 2 aromatic rings. The van der Waals surface area contributed by atoms with Crippen molar-refractivity contribution in [1.82, 2.24) is 15.3 Å². The molecule has 1 atom stereocenters. The van der Waals surface area contributed by atoms with Gasteiger partial charge in [-0.15, -0.1) is 0 Å². The van der Waals surface area contributed by atoms with Crippen molar-refractivity contribution < 1.29 is 9.47 Å². The number of hydrogen-bond donors (Lipinski definition) is 2. The quantitative estimate of drug-likeness (QED) is 0.359. The van der Waals surface area contributed by atoms with Gasteiger partial charge in [-0.05, 0) is 87.8 Å². The average Bonchev–Trinajstić information content (AvgIpc) is 3.43. The number of aromatic nitrogens is 2. The monoisotopic (exact) mass is 548 g/mol. The zero-order chi connectivity index (χ0) is 24.7. The summed E-state index contributed by atoms with van der Waals surface area (Å²) in [7, 11) is 0. The highest BCUT2D eigenvalue weighted by molar-refractivity contribution is 6.36. The van der Waals surface area contributed by atoms with Crippen LogP contribution in [-0.2, 0) is 15.9 Å². The molecule has 0 unspecified atom stereocenters. The van der Waals surface area contributed by atoms with E-state index in [2.05, 4.69) is 21.7 Å². The van der Waals surface area contributed by atoms with Crippen LogP contribution in [0, 0.1) is 11.8 Å². The van der Waals surface area contributed by atoms with Gasteiger partial charge in [0.05, 0.1) is 21.8 Å². The molecule has 1 saturated carbocycles. The van der Waals surface area contributed by atoms with Crippen molar-refractivity contribution in [3.63, 3.8) is 0 Å². The molecule has 6 nitrogen and oxygen atoms in total. The first-order valence-corrected chi connectivity index (χ1v) is 14.4. The number of anilines is 1. The first kappa shape index (κ1) is 28.6. The van der Waals surface area contributed by atoms with Gasteiger partial charge in [-0.25, -0.2) is 4.98 Å². The van der Waals surface area contributed by atoms with Crippen molar-refractivity contribution in [2.75, 3.05) is 38.2 Å². The predicted molar refractivity (Wildman–Crippen MR) is 153 cm³/mol. The van der Waals surface area contributed by atoms with Gasteiger partial charge < -0.3 is 20.1 Å². The largest absolute Gasteiger partial charge is 0.381 e. The highest BCUT2D eigenvalue weighted by Gasteiger charge is 2.24. The minimum Gasteiger partial charge on any atom is -0.381 e. The maximum Gasteiger partial charge on any atom is 0.126 e. The summed E-state index contributed by atoms with van der Waals surface area (Å²) in [5.74, 6) is 2.07. The summed E-state index contributed by atoms with van der Waals surface area (Å²) >= 11 is 13.2. The molecule has 8 heteroatoms. The number of pyridine rings is 2. The first-order valence-electron chi connectivity index (χ1n) is 13.6. The lowest BCUT2D eigenvalue weighted by molar-refractivity contribution is 0.0699. The van der Waals surface area contributed by atoms with Crippen LogP contribution in [0.15, 0.2) is 24.4 Å². The maximum absolute atomic E-state index is 6.59. The van der Waals surface area contributed by atoms with Crippen LogP contribution in [0.4, 0.5) is 5.82 Å². The van der Waals surface area contributed by atoms with Gasteiger partial charge in [-0.3, -0.25) is 4.98 Å². The molecule has 204 valence electrons. The molecule has 4 heterocycles. The molecule has 0 aromatic carbocycles. The van der Waals surface area contributed by atoms with E-state index in [9.17, 15) is 0 Å². The Balaban J connectivity index is 0.00000320. The fourth-order valence-electron chi connectivity index (χ4n) is 5.67. The summed E-state index contributed by atoms with van der Waals surface area (Å²) in [5.41, 5.74) is 2.63. The molecule has 2 aromatic heterocycles. The molecule has 2 aliphatic heterocycles. The van der Waals surface area contributed by atoms with Gasteiger partial charge in [0.1, 0.15) is 5.82 Å². The number of ether oxygens (including phenoxy) is 2. The van der Waals surface area contributed by atoms with Gasteiger partial charge in [0.15, 0.2) is 0 Å². The lowest BCUT2D eigenvalue weighted by Gasteiger charge is -2.30. The summed E-state index contributed by atoms with van der Waals surface area (Å²) < 4.78 is 11.2. The van der Waals surface area contributed by atoms with Crippen molar-refractivity contribution in [3.05, 3.63) is 40.1 Å². The van der Waals surface area contributed by atoms with Crippen molar-refractivity contribution >= 4 is 29.0 Å². The van der Waals surface area contributed by atoms with Gasteiger partial charge in [0.2, 0.25) is 0 Å². The highest BCUT2D eigenvalue weighted by Crippen LogP contribution is 2.34. The molecule has 0 bridgehead atoms. The second-order valence-corrected chi connectivity index (χ2v) is 11.4. The van der Waals surface area contributed by atoms with Crippen LogP contribution in [0.5, 0.6) is 0 Å². The molecule has 0 radical (unpaired) electrons. The molecular weight excluding hydrogens is 507 g/mol. The zero-order valence-electron chi connectivity index (χ0n) is 21.0. The van der Waals surface area contributed by atoms with E-state index >= 15 is 0 Å². The van der Waals surface area contributed by atoms with E-state index in [4.69, 9.17) is 37.7 Å². The van der Waals surface area contributed by atoms with E-state index in [0.29, 0.717) is 39.7 Å². The molecule has 2 N–H and O–H groups in total. The lowest BCUT2D eigenvalue weighted by Crippen LogP contribution is -2.38. The Morgan fingerprint density at radius 2 is 1.70 bits per heavy atom. The van der Waals surface area contributed by atoms with E-state index in [-0.39, 0.29) is 7.43 Å². The molecule has 0 amide bonds. The van der Waals surface area contributed by atoms with E-state index in [1.807, 2.05) is 12.1 Å². The fraction of sp³-hybridized carbons (Fsp3) is 0.655. The highest BCUT2D eigenvalue weighted by atomic mass is 35.5. The summed E-state index contributed by atoms with van der Waals surface area (Å²) in [6, 6.07) is 6.53. The second-order valence-electron chi connectivity index (χ2n) is 10.6. The SMILES string of the molecule is C.Clc1cnc(CC2CCC(NC[C@@H]3CCCO3)CC2)cc1-c1nc(NCC2CCOCC2)ccc1Cl. The maximum atomic E-state index is 6.59. The Kier molecular flexibility index (Phi) is 10.9. The van der Waals surface area contributed by atoms with Crippen LogP contribution in [0.1, 0.15) is 64.5 Å². The fourth-order valence-corrected chi connectivity index (χ4v) is 6.07. The minimum atomic E-state index is 0. The molecular formula is C29H42Cl2N4O2. The van der Waals surface area contributed by atoms with Crippen LogP contribution in [-0.4, -0.2) is 55.0 Å². The number of nitrogens with one attached hydrogen (secondary N) is 2. The molecule has 0 spiro atoms. The van der Waals surface area contributed by atoms with Gasteiger partial charge in [0.25, 0.3) is 0 Å². The van der Waals surface area contributed by atoms with Gasteiger partial charge >= 0.3 is 0 Å². The first-order chi connectivity index (χ1) is 17.6. The topological polar surface area (TPSA) is 68.3 Å². The summed E-state index contributed by atoms with van der Waals surface area (Å²) in [6.07, 6.45) is 12.5. The van der Waals surface area contributed by atoms with Crippen LogP contribution < -0.4 is 10.6 Å². The Hall–Kier alpha value is -1.44. The molecule has 37 heavy (non-hydrogen) atoms. The average molecular weight is 550 g/mol. The molecule has 3 fully saturated rings. The van der Waals surface area contributed by atoms with Crippen molar-refractivity contribution in [3.8, 4) is 11.3 Å². The lowest BCUT2D eigenvalue weighted by atomic mass is 9.83.